The van der Waals surface area contributed by atoms with E-state index in [1.165, 1.54) is 11.1 Å². The van der Waals surface area contributed by atoms with E-state index in [2.05, 4.69) is 16.3 Å². The molecule has 15 heavy (non-hydrogen) atoms. The fourth-order valence-electron chi connectivity index (χ4n) is 2.22. The molecule has 1 aliphatic heterocycles. The molecule has 0 N–H and O–H groups in total. The maximum absolute atomic E-state index is 5.84. The van der Waals surface area contributed by atoms with Gasteiger partial charge < -0.3 is 0 Å². The smallest absolute Gasteiger partial charge is 0.0943 e. The summed E-state index contributed by atoms with van der Waals surface area (Å²) in [6.07, 6.45) is 4.53. The predicted octanol–water partition coefficient (Wildman–Crippen LogP) is 3.72. The number of azo groups is 1. The first-order valence-corrected chi connectivity index (χ1v) is 5.58. The zero-order valence-electron chi connectivity index (χ0n) is 8.23. The van der Waals surface area contributed by atoms with E-state index in [0.717, 1.165) is 17.9 Å². The molecule has 2 nitrogen and oxygen atoms in total. The number of rotatable bonds is 1. The van der Waals surface area contributed by atoms with Crippen LogP contribution in [0.4, 0.5) is 0 Å². The van der Waals surface area contributed by atoms with E-state index in [-0.39, 0.29) is 0 Å². The number of nitrogens with zero attached hydrogens (tertiary/aromatic N) is 2. The average molecular weight is 219 g/mol. The number of benzene rings is 1. The number of hydrogen-bond acceptors (Lipinski definition) is 2. The van der Waals surface area contributed by atoms with Gasteiger partial charge in [0.05, 0.1) is 12.1 Å². The third-order valence-electron chi connectivity index (χ3n) is 3.03. The quantitative estimate of drug-likeness (QED) is 0.687. The lowest BCUT2D eigenvalue weighted by atomic mass is 10.1. The van der Waals surface area contributed by atoms with Gasteiger partial charge in [0, 0.05) is 5.02 Å². The Labute approximate surface area is 93.7 Å². The molecule has 3 heteroatoms. The van der Waals surface area contributed by atoms with E-state index in [0.29, 0.717) is 12.1 Å². The molecule has 0 aromatic heterocycles. The highest BCUT2D eigenvalue weighted by atomic mass is 35.5. The molecule has 1 heterocycles. The first-order chi connectivity index (χ1) is 7.33. The predicted molar refractivity (Wildman–Crippen MR) is 61.1 cm³/mol. The van der Waals surface area contributed by atoms with Crippen molar-refractivity contribution in [2.24, 2.45) is 10.2 Å². The number of halogens is 1. The summed E-state index contributed by atoms with van der Waals surface area (Å²) in [7, 11) is 0. The van der Waals surface area contributed by atoms with Crippen LogP contribution >= 0.6 is 11.6 Å². The van der Waals surface area contributed by atoms with Crippen molar-refractivity contribution >= 4 is 17.7 Å². The lowest BCUT2D eigenvalue weighted by molar-refractivity contribution is 0.643. The van der Waals surface area contributed by atoms with Gasteiger partial charge >= 0.3 is 0 Å². The van der Waals surface area contributed by atoms with Crippen molar-refractivity contribution in [3.05, 3.63) is 40.4 Å². The maximum atomic E-state index is 5.84. The SMILES string of the molecule is Clc1ccc(C=C2[C@@H]3CC[C@H]2N=N3)cc1. The molecule has 2 atom stereocenters. The molecule has 3 rings (SSSR count). The van der Waals surface area contributed by atoms with E-state index in [4.69, 9.17) is 11.6 Å². The van der Waals surface area contributed by atoms with Crippen LogP contribution in [-0.2, 0) is 0 Å². The van der Waals surface area contributed by atoms with Gasteiger partial charge in [-0.15, -0.1) is 0 Å². The van der Waals surface area contributed by atoms with Crippen LogP contribution in [0.3, 0.4) is 0 Å². The standard InChI is InChI=1S/C12H11ClN2/c13-9-3-1-8(2-4-9)7-10-11-5-6-12(10)15-14-11/h1-4,7,11-12H,5-6H2/t11-,12+. The molecule has 0 radical (unpaired) electrons. The summed E-state index contributed by atoms with van der Waals surface area (Å²) in [4.78, 5) is 0. The lowest BCUT2D eigenvalue weighted by Crippen LogP contribution is -1.98. The van der Waals surface area contributed by atoms with Crippen LogP contribution in [0.2, 0.25) is 5.02 Å². The zero-order chi connectivity index (χ0) is 10.3. The summed E-state index contributed by atoms with van der Waals surface area (Å²) in [5.74, 6) is 0. The fourth-order valence-corrected chi connectivity index (χ4v) is 2.35. The van der Waals surface area contributed by atoms with Crippen LogP contribution in [0.15, 0.2) is 40.1 Å². The summed E-state index contributed by atoms with van der Waals surface area (Å²) < 4.78 is 0. The second-order valence-corrected chi connectivity index (χ2v) is 4.47. The van der Waals surface area contributed by atoms with Crippen LogP contribution < -0.4 is 0 Å². The zero-order valence-corrected chi connectivity index (χ0v) is 8.98. The van der Waals surface area contributed by atoms with Gasteiger partial charge in [0.15, 0.2) is 0 Å². The highest BCUT2D eigenvalue weighted by molar-refractivity contribution is 6.30. The molecule has 2 aliphatic rings. The molecule has 1 saturated carbocycles. The van der Waals surface area contributed by atoms with Crippen molar-refractivity contribution in [3.63, 3.8) is 0 Å². The maximum Gasteiger partial charge on any atom is 0.0943 e. The van der Waals surface area contributed by atoms with Crippen LogP contribution in [0.5, 0.6) is 0 Å². The Bertz CT molecular complexity index is 417. The Morgan fingerprint density at radius 1 is 1.07 bits per heavy atom. The summed E-state index contributed by atoms with van der Waals surface area (Å²) in [5.41, 5.74) is 2.57. The minimum atomic E-state index is 0.352. The summed E-state index contributed by atoms with van der Waals surface area (Å²) >= 11 is 5.84. The molecule has 1 fully saturated rings. The van der Waals surface area contributed by atoms with Crippen molar-refractivity contribution in [2.45, 2.75) is 24.9 Å². The molecular weight excluding hydrogens is 208 g/mol. The van der Waals surface area contributed by atoms with E-state index >= 15 is 0 Å². The lowest BCUT2D eigenvalue weighted by Gasteiger charge is -2.01. The largest absolute Gasteiger partial charge is 0.186 e. The van der Waals surface area contributed by atoms with Crippen molar-refractivity contribution in [3.8, 4) is 0 Å². The molecule has 1 aliphatic carbocycles. The van der Waals surface area contributed by atoms with E-state index in [1.54, 1.807) is 0 Å². The Morgan fingerprint density at radius 3 is 2.20 bits per heavy atom. The van der Waals surface area contributed by atoms with Gasteiger partial charge in [0.25, 0.3) is 0 Å². The highest BCUT2D eigenvalue weighted by Gasteiger charge is 2.35. The topological polar surface area (TPSA) is 24.7 Å². The van der Waals surface area contributed by atoms with Gasteiger partial charge in [0.2, 0.25) is 0 Å². The second kappa shape index (κ2) is 3.46. The third kappa shape index (κ3) is 1.59. The molecule has 76 valence electrons. The summed E-state index contributed by atoms with van der Waals surface area (Å²) in [5, 5.41) is 9.24. The first kappa shape index (κ1) is 9.10. The van der Waals surface area contributed by atoms with Gasteiger partial charge in [0.1, 0.15) is 0 Å². The van der Waals surface area contributed by atoms with E-state index < -0.39 is 0 Å². The summed E-state index contributed by atoms with van der Waals surface area (Å²) in [6.45, 7) is 0. The van der Waals surface area contributed by atoms with Crippen molar-refractivity contribution in [2.75, 3.05) is 0 Å². The van der Waals surface area contributed by atoms with Crippen molar-refractivity contribution in [1.82, 2.24) is 0 Å². The van der Waals surface area contributed by atoms with Gasteiger partial charge in [-0.2, -0.15) is 10.2 Å². The van der Waals surface area contributed by atoms with Gasteiger partial charge in [-0.25, -0.2) is 0 Å². The molecule has 2 bridgehead atoms. The third-order valence-corrected chi connectivity index (χ3v) is 3.28. The van der Waals surface area contributed by atoms with Crippen molar-refractivity contribution < 1.29 is 0 Å². The van der Waals surface area contributed by atoms with Crippen LogP contribution in [0.25, 0.3) is 6.08 Å². The Kier molecular flexibility index (Phi) is 2.10. The molecule has 0 amide bonds. The fraction of sp³-hybridized carbons (Fsp3) is 0.333. The van der Waals surface area contributed by atoms with Gasteiger partial charge in [-0.3, -0.25) is 0 Å². The van der Waals surface area contributed by atoms with Crippen LogP contribution in [-0.4, -0.2) is 12.1 Å². The van der Waals surface area contributed by atoms with Gasteiger partial charge in [-0.1, -0.05) is 29.8 Å². The van der Waals surface area contributed by atoms with E-state index in [1.807, 2.05) is 24.3 Å². The molecule has 0 saturated heterocycles. The average Bonchev–Trinajstić information content (AvgIpc) is 2.81. The number of fused-ring (bicyclic) bond motifs is 2. The van der Waals surface area contributed by atoms with Gasteiger partial charge in [-0.05, 0) is 36.1 Å². The first-order valence-electron chi connectivity index (χ1n) is 5.20. The van der Waals surface area contributed by atoms with Crippen LogP contribution in [0.1, 0.15) is 18.4 Å². The molecule has 0 unspecified atom stereocenters. The molecule has 1 aromatic rings. The summed E-state index contributed by atoms with van der Waals surface area (Å²) in [6, 6.07) is 8.61. The Morgan fingerprint density at radius 2 is 1.67 bits per heavy atom. The highest BCUT2D eigenvalue weighted by Crippen LogP contribution is 2.37. The minimum Gasteiger partial charge on any atom is -0.186 e. The van der Waals surface area contributed by atoms with E-state index in [9.17, 15) is 0 Å². The Balaban J connectivity index is 1.91. The molecular formula is C12H11ClN2. The Hall–Kier alpha value is -1.15. The van der Waals surface area contributed by atoms with Crippen LogP contribution in [0, 0.1) is 0 Å². The number of hydrogen-bond donors (Lipinski definition) is 0. The normalized spacial score (nSPS) is 30.3. The molecule has 0 spiro atoms. The second-order valence-electron chi connectivity index (χ2n) is 4.04. The monoisotopic (exact) mass is 218 g/mol. The minimum absolute atomic E-state index is 0.352. The molecule has 1 aromatic carbocycles. The van der Waals surface area contributed by atoms with Crippen molar-refractivity contribution in [1.29, 1.82) is 0 Å².